The Bertz CT molecular complexity index is 728. The third-order valence-electron chi connectivity index (χ3n) is 3.17. The molecule has 2 aromatic rings. The summed E-state index contributed by atoms with van der Waals surface area (Å²) in [6.45, 7) is 2.64. The molecule has 0 spiro atoms. The molecule has 5 heteroatoms. The minimum Gasteiger partial charge on any atom is -0.493 e. The highest BCUT2D eigenvalue weighted by atomic mass is 19.1. The molecule has 2 aromatic carbocycles. The van der Waals surface area contributed by atoms with Crippen LogP contribution in [0, 0.1) is 5.82 Å². The van der Waals surface area contributed by atoms with Crippen molar-refractivity contribution in [2.75, 3.05) is 19.0 Å². The van der Waals surface area contributed by atoms with Crippen LogP contribution in [0.2, 0.25) is 0 Å². The largest absolute Gasteiger partial charge is 0.493 e. The van der Waals surface area contributed by atoms with Crippen LogP contribution in [0.5, 0.6) is 11.5 Å². The molecule has 0 radical (unpaired) electrons. The van der Waals surface area contributed by atoms with Crippen LogP contribution in [0.25, 0.3) is 6.08 Å². The van der Waals surface area contributed by atoms with Gasteiger partial charge in [-0.3, -0.25) is 4.79 Å². The first kappa shape index (κ1) is 17.5. The molecular formula is C19H20FNO3. The van der Waals surface area contributed by atoms with E-state index in [0.29, 0.717) is 23.8 Å². The predicted octanol–water partition coefficient (Wildman–Crippen LogP) is 4.28. The van der Waals surface area contributed by atoms with E-state index in [0.717, 1.165) is 12.0 Å². The number of halogens is 1. The molecule has 1 amide bonds. The van der Waals surface area contributed by atoms with Gasteiger partial charge in [-0.2, -0.15) is 0 Å². The van der Waals surface area contributed by atoms with Gasteiger partial charge in [0.15, 0.2) is 11.5 Å². The molecule has 4 nitrogen and oxygen atoms in total. The molecule has 0 aliphatic heterocycles. The highest BCUT2D eigenvalue weighted by Gasteiger charge is 2.05. The Balaban J connectivity index is 2.03. The zero-order valence-electron chi connectivity index (χ0n) is 13.7. The predicted molar refractivity (Wildman–Crippen MR) is 92.8 cm³/mol. The van der Waals surface area contributed by atoms with E-state index in [1.165, 1.54) is 24.3 Å². The van der Waals surface area contributed by atoms with E-state index in [-0.39, 0.29) is 5.91 Å². The van der Waals surface area contributed by atoms with Crippen molar-refractivity contribution in [2.45, 2.75) is 13.3 Å². The third-order valence-corrected chi connectivity index (χ3v) is 3.17. The van der Waals surface area contributed by atoms with Gasteiger partial charge in [-0.1, -0.05) is 19.1 Å². The maximum Gasteiger partial charge on any atom is 0.248 e. The van der Waals surface area contributed by atoms with E-state index in [1.54, 1.807) is 31.4 Å². The Labute approximate surface area is 140 Å². The molecule has 126 valence electrons. The molecular weight excluding hydrogens is 309 g/mol. The molecule has 0 heterocycles. The Hall–Kier alpha value is -2.82. The lowest BCUT2D eigenvalue weighted by molar-refractivity contribution is -0.111. The van der Waals surface area contributed by atoms with E-state index >= 15 is 0 Å². The number of ether oxygens (including phenoxy) is 2. The second kappa shape index (κ2) is 8.72. The molecule has 0 aliphatic rings. The van der Waals surface area contributed by atoms with E-state index < -0.39 is 5.82 Å². The Kier molecular flexibility index (Phi) is 6.37. The van der Waals surface area contributed by atoms with Crippen LogP contribution < -0.4 is 14.8 Å². The highest BCUT2D eigenvalue weighted by molar-refractivity contribution is 6.01. The topological polar surface area (TPSA) is 47.6 Å². The summed E-state index contributed by atoms with van der Waals surface area (Å²) in [7, 11) is 1.57. The van der Waals surface area contributed by atoms with E-state index in [9.17, 15) is 9.18 Å². The normalized spacial score (nSPS) is 10.6. The van der Waals surface area contributed by atoms with Gasteiger partial charge in [0.1, 0.15) is 5.82 Å². The second-order valence-electron chi connectivity index (χ2n) is 5.09. The average molecular weight is 329 g/mol. The first-order valence-electron chi connectivity index (χ1n) is 7.68. The van der Waals surface area contributed by atoms with Crippen molar-refractivity contribution in [3.8, 4) is 11.5 Å². The van der Waals surface area contributed by atoms with Crippen LogP contribution in [-0.4, -0.2) is 19.6 Å². The molecule has 0 aliphatic carbocycles. The summed E-state index contributed by atoms with van der Waals surface area (Å²) in [5, 5.41) is 2.60. The summed E-state index contributed by atoms with van der Waals surface area (Å²) in [5.74, 6) is 0.534. The summed E-state index contributed by atoms with van der Waals surface area (Å²) < 4.78 is 24.0. The maximum atomic E-state index is 13.1. The quantitative estimate of drug-likeness (QED) is 0.772. The van der Waals surface area contributed by atoms with Gasteiger partial charge in [0.05, 0.1) is 13.7 Å². The van der Waals surface area contributed by atoms with E-state index in [2.05, 4.69) is 5.32 Å². The highest BCUT2D eigenvalue weighted by Crippen LogP contribution is 2.28. The lowest BCUT2D eigenvalue weighted by Crippen LogP contribution is -2.07. The fraction of sp³-hybridized carbons (Fsp3) is 0.211. The number of hydrogen-bond donors (Lipinski definition) is 1. The van der Waals surface area contributed by atoms with Crippen LogP contribution in [0.4, 0.5) is 10.1 Å². The second-order valence-corrected chi connectivity index (χ2v) is 5.09. The van der Waals surface area contributed by atoms with Crippen molar-refractivity contribution in [2.24, 2.45) is 0 Å². The van der Waals surface area contributed by atoms with Gasteiger partial charge in [0.2, 0.25) is 5.91 Å². The minimum atomic E-state index is -0.399. The molecule has 1 N–H and O–H groups in total. The van der Waals surface area contributed by atoms with Gasteiger partial charge in [0, 0.05) is 11.8 Å². The number of methoxy groups -OCH3 is 1. The van der Waals surface area contributed by atoms with Crippen LogP contribution >= 0.6 is 0 Å². The molecule has 24 heavy (non-hydrogen) atoms. The van der Waals surface area contributed by atoms with Gasteiger partial charge in [-0.05, 0) is 48.4 Å². The number of rotatable bonds is 7. The molecule has 0 fully saturated rings. The smallest absolute Gasteiger partial charge is 0.248 e. The molecule has 0 atom stereocenters. The Morgan fingerprint density at radius 2 is 2.04 bits per heavy atom. The number of carbonyl (C=O) groups is 1. The number of hydrogen-bond acceptors (Lipinski definition) is 3. The first-order valence-corrected chi connectivity index (χ1v) is 7.68. The van der Waals surface area contributed by atoms with Crippen molar-refractivity contribution >= 4 is 17.7 Å². The molecule has 2 rings (SSSR count). The fourth-order valence-electron chi connectivity index (χ4n) is 2.04. The van der Waals surface area contributed by atoms with Gasteiger partial charge >= 0.3 is 0 Å². The van der Waals surface area contributed by atoms with Crippen LogP contribution in [0.3, 0.4) is 0 Å². The summed E-state index contributed by atoms with van der Waals surface area (Å²) in [6.07, 6.45) is 3.94. The Morgan fingerprint density at radius 3 is 2.75 bits per heavy atom. The molecule has 0 saturated carbocycles. The lowest BCUT2D eigenvalue weighted by atomic mass is 10.2. The monoisotopic (exact) mass is 329 g/mol. The minimum absolute atomic E-state index is 0.342. The number of benzene rings is 2. The summed E-state index contributed by atoms with van der Waals surface area (Å²) >= 11 is 0. The Morgan fingerprint density at radius 1 is 1.21 bits per heavy atom. The summed E-state index contributed by atoms with van der Waals surface area (Å²) in [5.41, 5.74) is 1.20. The number of amides is 1. The van der Waals surface area contributed by atoms with Crippen LogP contribution in [0.1, 0.15) is 18.9 Å². The van der Waals surface area contributed by atoms with Crippen molar-refractivity contribution < 1.29 is 18.7 Å². The van der Waals surface area contributed by atoms with Gasteiger partial charge in [-0.25, -0.2) is 4.39 Å². The SMILES string of the molecule is CCCOc1ccc(/C=C/C(=O)Nc2cccc(F)c2)cc1OC. The van der Waals surface area contributed by atoms with Gasteiger partial charge < -0.3 is 14.8 Å². The number of anilines is 1. The molecule has 0 saturated heterocycles. The van der Waals surface area contributed by atoms with Crippen LogP contribution in [-0.2, 0) is 4.79 Å². The van der Waals surface area contributed by atoms with Crippen LogP contribution in [0.15, 0.2) is 48.5 Å². The lowest BCUT2D eigenvalue weighted by Gasteiger charge is -2.10. The summed E-state index contributed by atoms with van der Waals surface area (Å²) in [4.78, 5) is 11.9. The van der Waals surface area contributed by atoms with Gasteiger partial charge in [-0.15, -0.1) is 0 Å². The fourth-order valence-corrected chi connectivity index (χ4v) is 2.04. The first-order chi connectivity index (χ1) is 11.6. The van der Waals surface area contributed by atoms with Crippen molar-refractivity contribution in [3.63, 3.8) is 0 Å². The molecule has 0 aromatic heterocycles. The maximum absolute atomic E-state index is 13.1. The zero-order chi connectivity index (χ0) is 17.4. The molecule has 0 bridgehead atoms. The van der Waals surface area contributed by atoms with Gasteiger partial charge in [0.25, 0.3) is 0 Å². The van der Waals surface area contributed by atoms with E-state index in [1.807, 2.05) is 13.0 Å². The number of nitrogens with one attached hydrogen (secondary N) is 1. The number of carbonyl (C=O) groups excluding carboxylic acids is 1. The zero-order valence-corrected chi connectivity index (χ0v) is 13.7. The third kappa shape index (κ3) is 5.12. The molecule has 0 unspecified atom stereocenters. The van der Waals surface area contributed by atoms with Crippen molar-refractivity contribution in [3.05, 3.63) is 59.9 Å². The summed E-state index contributed by atoms with van der Waals surface area (Å²) in [6, 6.07) is 11.2. The average Bonchev–Trinajstić information content (AvgIpc) is 2.58. The standard InChI is InChI=1S/C19H20FNO3/c1-3-11-24-17-9-7-14(12-18(17)23-2)8-10-19(22)21-16-6-4-5-15(20)13-16/h4-10,12-13H,3,11H2,1-2H3,(H,21,22)/b10-8+. The van der Waals surface area contributed by atoms with E-state index in [4.69, 9.17) is 9.47 Å². The van der Waals surface area contributed by atoms with Crippen molar-refractivity contribution in [1.82, 2.24) is 0 Å². The van der Waals surface area contributed by atoms with Crippen molar-refractivity contribution in [1.29, 1.82) is 0 Å².